The largest absolute Gasteiger partial charge is 0.487 e. The molecule has 2 amide bonds. The van der Waals surface area contributed by atoms with Gasteiger partial charge in [0.2, 0.25) is 0 Å². The van der Waals surface area contributed by atoms with Crippen molar-refractivity contribution in [3.63, 3.8) is 0 Å². The smallest absolute Gasteiger partial charge is 0.257 e. The first-order chi connectivity index (χ1) is 19.1. The molecule has 0 fully saturated rings. The summed E-state index contributed by atoms with van der Waals surface area (Å²) >= 11 is 0. The van der Waals surface area contributed by atoms with Gasteiger partial charge in [-0.2, -0.15) is 0 Å². The number of nitrogens with zero attached hydrogens (tertiary/aromatic N) is 1. The second kappa shape index (κ2) is 13.9. The van der Waals surface area contributed by atoms with Crippen LogP contribution in [0.15, 0.2) is 59.8 Å². The van der Waals surface area contributed by atoms with Gasteiger partial charge >= 0.3 is 0 Å². The van der Waals surface area contributed by atoms with Crippen LogP contribution in [0.3, 0.4) is 0 Å². The molecule has 7 N–H and O–H groups in total. The maximum Gasteiger partial charge on any atom is 0.257 e. The monoisotopic (exact) mass is 549 g/mol. The second-order valence-electron chi connectivity index (χ2n) is 9.29. The van der Waals surface area contributed by atoms with Crippen LogP contribution in [-0.2, 0) is 17.9 Å². The van der Waals surface area contributed by atoms with Gasteiger partial charge in [-0.3, -0.25) is 9.59 Å². The van der Waals surface area contributed by atoms with Gasteiger partial charge in [0.1, 0.15) is 0 Å². The van der Waals surface area contributed by atoms with Gasteiger partial charge in [-0.25, -0.2) is 0 Å². The minimum atomic E-state index is -0.341. The number of rotatable bonds is 12. The molecule has 0 radical (unpaired) electrons. The molecule has 0 aliphatic carbocycles. The first kappa shape index (κ1) is 29.8. The molecule has 0 aliphatic rings. The third-order valence-corrected chi connectivity index (χ3v) is 5.80. The number of amides is 2. The number of carbonyl (C=O) groups excluding carboxylic acids is 2. The van der Waals surface area contributed by atoms with Crippen LogP contribution in [0.2, 0.25) is 0 Å². The predicted molar refractivity (Wildman–Crippen MR) is 153 cm³/mol. The third kappa shape index (κ3) is 7.87. The molecule has 0 unspecified atom stereocenters. The predicted octanol–water partition coefficient (Wildman–Crippen LogP) is 3.36. The molecule has 0 saturated heterocycles. The van der Waals surface area contributed by atoms with E-state index in [1.807, 2.05) is 26.8 Å². The second-order valence-corrected chi connectivity index (χ2v) is 9.29. The van der Waals surface area contributed by atoms with Crippen molar-refractivity contribution in [2.24, 2.45) is 10.9 Å². The number of aliphatic hydroxyl groups is 1. The Kier molecular flexibility index (Phi) is 10.3. The first-order valence-corrected chi connectivity index (χ1v) is 12.7. The van der Waals surface area contributed by atoms with E-state index in [2.05, 4.69) is 21.1 Å². The van der Waals surface area contributed by atoms with Crippen molar-refractivity contribution in [1.29, 1.82) is 0 Å². The molecule has 11 nitrogen and oxygen atoms in total. The summed E-state index contributed by atoms with van der Waals surface area (Å²) in [5, 5.41) is 30.3. The summed E-state index contributed by atoms with van der Waals surface area (Å²) < 4.78 is 11.8. The number of nitrogens with two attached hydrogens (primary N) is 1. The molecule has 11 heteroatoms. The lowest BCUT2D eigenvalue weighted by atomic mass is 10.1. The van der Waals surface area contributed by atoms with Gasteiger partial charge in [-0.1, -0.05) is 16.8 Å². The zero-order chi connectivity index (χ0) is 29.2. The summed E-state index contributed by atoms with van der Waals surface area (Å²) in [6.45, 7) is 5.39. The zero-order valence-electron chi connectivity index (χ0n) is 22.9. The lowest BCUT2D eigenvalue weighted by molar-refractivity contribution is -0.122. The maximum absolute atomic E-state index is 13.3. The highest BCUT2D eigenvalue weighted by Gasteiger charge is 2.18. The summed E-state index contributed by atoms with van der Waals surface area (Å²) in [7, 11) is 1.52. The van der Waals surface area contributed by atoms with E-state index in [9.17, 15) is 14.7 Å². The highest BCUT2D eigenvalue weighted by atomic mass is 16.5. The summed E-state index contributed by atoms with van der Waals surface area (Å²) in [5.74, 6) is 0.0866. The quantitative estimate of drug-likeness (QED) is 0.0865. The van der Waals surface area contributed by atoms with E-state index in [0.29, 0.717) is 45.1 Å². The number of hydrogen-bond donors (Lipinski definition) is 6. The van der Waals surface area contributed by atoms with E-state index >= 15 is 0 Å². The van der Waals surface area contributed by atoms with Crippen molar-refractivity contribution in [2.45, 2.75) is 40.0 Å². The Bertz CT molecular complexity index is 1370. The van der Waals surface area contributed by atoms with Crippen LogP contribution in [0.5, 0.6) is 11.5 Å². The van der Waals surface area contributed by atoms with Crippen LogP contribution in [0.25, 0.3) is 0 Å². The number of amidine groups is 1. The van der Waals surface area contributed by atoms with Crippen molar-refractivity contribution in [3.05, 3.63) is 82.4 Å². The Hall–Kier alpha value is -4.77. The fourth-order valence-corrected chi connectivity index (χ4v) is 3.83. The molecule has 0 saturated carbocycles. The molecule has 3 rings (SSSR count). The average Bonchev–Trinajstić information content (AvgIpc) is 2.95. The molecule has 0 spiro atoms. The molecule has 3 aromatic rings. The minimum Gasteiger partial charge on any atom is -0.487 e. The average molecular weight is 550 g/mol. The topological polar surface area (TPSA) is 168 Å². The van der Waals surface area contributed by atoms with Gasteiger partial charge in [-0.05, 0) is 74.9 Å². The molecule has 40 heavy (non-hydrogen) atoms. The van der Waals surface area contributed by atoms with Crippen LogP contribution >= 0.6 is 0 Å². The lowest BCUT2D eigenvalue weighted by Gasteiger charge is -2.20. The number of anilines is 2. The fraction of sp³-hybridized carbons (Fsp3) is 0.276. The highest BCUT2D eigenvalue weighted by molar-refractivity contribution is 6.08. The molecule has 212 valence electrons. The number of oxime groups is 1. The number of benzene rings is 3. The lowest BCUT2D eigenvalue weighted by Crippen LogP contribution is -2.25. The summed E-state index contributed by atoms with van der Waals surface area (Å²) in [6, 6.07) is 15.5. The number of aryl methyl sites for hydroxylation is 1. The third-order valence-electron chi connectivity index (χ3n) is 5.80. The number of hydrogen-bond acceptors (Lipinski definition) is 8. The molecular formula is C29H35N5O6. The minimum absolute atomic E-state index is 0.0334. The fourth-order valence-electron chi connectivity index (χ4n) is 3.83. The van der Waals surface area contributed by atoms with Crippen LogP contribution < -0.4 is 31.2 Å². The Labute approximate surface area is 233 Å². The van der Waals surface area contributed by atoms with Crippen LogP contribution in [0, 0.1) is 6.92 Å². The molecule has 0 aliphatic heterocycles. The Morgan fingerprint density at radius 3 is 2.42 bits per heavy atom. The van der Waals surface area contributed by atoms with Gasteiger partial charge in [0.25, 0.3) is 11.8 Å². The van der Waals surface area contributed by atoms with Gasteiger partial charge in [0, 0.05) is 36.1 Å². The standard InChI is InChI=1S/C29H35N5O6/c1-17(2)40-25-13-19(15-35)12-21(27(25)39-16-26(36)31-4)14-32-24-10-5-18(3)11-23(24)29(37)33-22-8-6-20(7-9-22)28(30)34-38/h5-13,17,32,35,38H,14-16H2,1-4H3,(H2,30,34)(H,31,36)(H,33,37). The molecule has 0 atom stereocenters. The number of aliphatic hydroxyl groups excluding tert-OH is 1. The van der Waals surface area contributed by atoms with Crippen LogP contribution in [0.1, 0.15) is 46.5 Å². The Morgan fingerprint density at radius 2 is 1.80 bits per heavy atom. The van der Waals surface area contributed by atoms with Gasteiger partial charge in [-0.15, -0.1) is 0 Å². The van der Waals surface area contributed by atoms with E-state index < -0.39 is 0 Å². The zero-order valence-corrected chi connectivity index (χ0v) is 22.9. The molecular weight excluding hydrogens is 514 g/mol. The van der Waals surface area contributed by atoms with Gasteiger partial charge in [0.15, 0.2) is 23.9 Å². The van der Waals surface area contributed by atoms with Gasteiger partial charge in [0.05, 0.1) is 18.3 Å². The van der Waals surface area contributed by atoms with E-state index in [1.54, 1.807) is 48.5 Å². The number of carbonyl (C=O) groups is 2. The number of ether oxygens (including phenoxy) is 2. The van der Waals surface area contributed by atoms with Gasteiger partial charge < -0.3 is 41.5 Å². The van der Waals surface area contributed by atoms with Crippen molar-refractivity contribution in [1.82, 2.24) is 5.32 Å². The molecule has 0 heterocycles. The Balaban J connectivity index is 1.89. The van der Waals surface area contributed by atoms with Crippen molar-refractivity contribution in [3.8, 4) is 11.5 Å². The van der Waals surface area contributed by atoms with E-state index in [4.69, 9.17) is 20.4 Å². The normalized spacial score (nSPS) is 11.2. The van der Waals surface area contributed by atoms with Crippen molar-refractivity contribution >= 4 is 29.0 Å². The first-order valence-electron chi connectivity index (χ1n) is 12.7. The molecule has 0 aromatic heterocycles. The van der Waals surface area contributed by atoms with Crippen LogP contribution in [-0.4, -0.2) is 47.7 Å². The van der Waals surface area contributed by atoms with E-state index in [1.165, 1.54) is 7.05 Å². The van der Waals surface area contributed by atoms with E-state index in [0.717, 1.165) is 5.56 Å². The summed E-state index contributed by atoms with van der Waals surface area (Å²) in [4.78, 5) is 25.2. The number of likely N-dealkylation sites (N-methyl/N-ethyl adjacent to an activating group) is 1. The van der Waals surface area contributed by atoms with Crippen molar-refractivity contribution in [2.75, 3.05) is 24.3 Å². The summed E-state index contributed by atoms with van der Waals surface area (Å²) in [5.41, 5.74) is 9.76. The SMILES string of the molecule is CNC(=O)COc1c(CNc2ccc(C)cc2C(=O)Nc2ccc(/C(N)=N/O)cc2)cc(CO)cc1OC(C)C. The summed E-state index contributed by atoms with van der Waals surface area (Å²) in [6.07, 6.45) is -0.175. The Morgan fingerprint density at radius 1 is 1.07 bits per heavy atom. The highest BCUT2D eigenvalue weighted by Crippen LogP contribution is 2.35. The number of nitrogens with one attached hydrogen (secondary N) is 3. The maximum atomic E-state index is 13.3. The molecule has 3 aromatic carbocycles. The van der Waals surface area contributed by atoms with Crippen LogP contribution in [0.4, 0.5) is 11.4 Å². The molecule has 0 bridgehead atoms. The van der Waals surface area contributed by atoms with E-state index in [-0.39, 0.29) is 43.5 Å². The van der Waals surface area contributed by atoms with Crippen molar-refractivity contribution < 1.29 is 29.4 Å².